The lowest BCUT2D eigenvalue weighted by atomic mass is 10.0. The average molecular weight is 827 g/mol. The van der Waals surface area contributed by atoms with Crippen LogP contribution in [-0.2, 0) is 41.8 Å². The van der Waals surface area contributed by atoms with Crippen molar-refractivity contribution in [3.05, 3.63) is 24.3 Å². The van der Waals surface area contributed by atoms with Crippen LogP contribution in [0.3, 0.4) is 0 Å². The van der Waals surface area contributed by atoms with Crippen LogP contribution in [0.1, 0.15) is 181 Å². The number of esters is 2. The molecule has 0 spiro atoms. The molecule has 0 fully saturated rings. The number of phosphoric ester groups is 2. The molecule has 0 aliphatic rings. The zero-order chi connectivity index (χ0) is 40.9. The molecule has 4 N–H and O–H groups in total. The molecule has 0 aliphatic heterocycles. The summed E-state index contributed by atoms with van der Waals surface area (Å²) in [7, 11) is -9.66. The third-order valence-electron chi connectivity index (χ3n) is 8.83. The Hall–Kier alpha value is -1.40. The summed E-state index contributed by atoms with van der Waals surface area (Å²) in [5.74, 6) is -1.04. The molecule has 1 unspecified atom stereocenters. The van der Waals surface area contributed by atoms with Gasteiger partial charge in [-0.3, -0.25) is 23.2 Å². The number of ether oxygens (including phenoxy) is 2. The van der Waals surface area contributed by atoms with Crippen LogP contribution in [0.2, 0.25) is 0 Å². The summed E-state index contributed by atoms with van der Waals surface area (Å²) in [6.07, 6.45) is 33.1. The van der Waals surface area contributed by atoms with Gasteiger partial charge in [0.05, 0.1) is 19.8 Å². The summed E-state index contributed by atoms with van der Waals surface area (Å²) in [4.78, 5) is 52.6. The van der Waals surface area contributed by atoms with E-state index in [1.165, 1.54) is 77.0 Å². The number of hydrogen-bond donors (Lipinski definition) is 4. The minimum Gasteiger partial charge on any atom is -0.462 e. The number of aliphatic hydroxyl groups excluding tert-OH is 1. The van der Waals surface area contributed by atoms with Gasteiger partial charge in [-0.05, 0) is 44.9 Å². The third-order valence-corrected chi connectivity index (χ3v) is 10.3. The van der Waals surface area contributed by atoms with Gasteiger partial charge in [0, 0.05) is 12.8 Å². The Bertz CT molecular complexity index is 1080. The van der Waals surface area contributed by atoms with Crippen molar-refractivity contribution in [3.63, 3.8) is 0 Å². The molecule has 13 nitrogen and oxygen atoms in total. The fourth-order valence-corrected chi connectivity index (χ4v) is 6.77. The van der Waals surface area contributed by atoms with E-state index in [2.05, 4.69) is 47.2 Å². The molecule has 0 aliphatic carbocycles. The Balaban J connectivity index is 4.54. The lowest BCUT2D eigenvalue weighted by Crippen LogP contribution is -2.30. The minimum absolute atomic E-state index is 0.132. The molecule has 0 heterocycles. The highest BCUT2D eigenvalue weighted by atomic mass is 31.2. The third kappa shape index (κ3) is 40.6. The fourth-order valence-electron chi connectivity index (χ4n) is 5.61. The van der Waals surface area contributed by atoms with E-state index in [4.69, 9.17) is 23.8 Å². The maximum atomic E-state index is 12.6. The molecule has 0 radical (unpaired) electrons. The van der Waals surface area contributed by atoms with Gasteiger partial charge in [0.25, 0.3) is 0 Å². The first kappa shape index (κ1) is 53.6. The fraction of sp³-hybridized carbons (Fsp3) is 0.850. The van der Waals surface area contributed by atoms with E-state index in [1.807, 2.05) is 0 Å². The van der Waals surface area contributed by atoms with Crippen molar-refractivity contribution in [1.29, 1.82) is 0 Å². The first-order valence-corrected chi connectivity index (χ1v) is 24.1. The largest absolute Gasteiger partial charge is 0.472 e. The van der Waals surface area contributed by atoms with E-state index in [1.54, 1.807) is 0 Å². The van der Waals surface area contributed by atoms with E-state index in [-0.39, 0.29) is 19.4 Å². The molecule has 0 saturated carbocycles. The molecule has 324 valence electrons. The molecule has 0 rings (SSSR count). The Labute approximate surface area is 332 Å². The Kier molecular flexibility index (Phi) is 36.0. The summed E-state index contributed by atoms with van der Waals surface area (Å²) in [5.41, 5.74) is 0. The van der Waals surface area contributed by atoms with Gasteiger partial charge in [0.15, 0.2) is 6.10 Å². The summed E-state index contributed by atoms with van der Waals surface area (Å²) in [6, 6.07) is 0. The van der Waals surface area contributed by atoms with Crippen molar-refractivity contribution in [2.75, 3.05) is 26.4 Å². The second-order valence-corrected chi connectivity index (χ2v) is 17.0. The molecule has 55 heavy (non-hydrogen) atoms. The van der Waals surface area contributed by atoms with Crippen LogP contribution in [0, 0.1) is 0 Å². The van der Waals surface area contributed by atoms with Crippen molar-refractivity contribution in [2.45, 2.75) is 193 Å². The molecule has 15 heteroatoms. The van der Waals surface area contributed by atoms with Gasteiger partial charge in [-0.2, -0.15) is 0 Å². The van der Waals surface area contributed by atoms with Gasteiger partial charge in [0.2, 0.25) is 0 Å². The van der Waals surface area contributed by atoms with Gasteiger partial charge in [-0.1, -0.05) is 147 Å². The predicted octanol–water partition coefficient (Wildman–Crippen LogP) is 10.3. The number of aliphatic hydroxyl groups is 1. The SMILES string of the molecule is CCCCC/C=C\C/C=C\CCCCCCCC(=O)OC[C@H](COP(=O)(O)OC[C@@H](O)COP(=O)(O)O)OC(=O)CCCCCCCCCCCCCCC. The number of phosphoric acid groups is 2. The highest BCUT2D eigenvalue weighted by Gasteiger charge is 2.28. The lowest BCUT2D eigenvalue weighted by Gasteiger charge is -2.20. The average Bonchev–Trinajstić information content (AvgIpc) is 3.14. The molecule has 0 aromatic rings. The van der Waals surface area contributed by atoms with Gasteiger partial charge >= 0.3 is 27.6 Å². The monoisotopic (exact) mass is 826 g/mol. The predicted molar refractivity (Wildman–Crippen MR) is 216 cm³/mol. The molecule has 0 bridgehead atoms. The number of unbranched alkanes of at least 4 members (excludes halogenated alkanes) is 20. The zero-order valence-corrected chi connectivity index (χ0v) is 35.8. The quantitative estimate of drug-likeness (QED) is 0.0197. The Morgan fingerprint density at radius 1 is 0.527 bits per heavy atom. The lowest BCUT2D eigenvalue weighted by molar-refractivity contribution is -0.161. The van der Waals surface area contributed by atoms with E-state index < -0.39 is 59.6 Å². The Morgan fingerprint density at radius 3 is 1.47 bits per heavy atom. The van der Waals surface area contributed by atoms with Crippen LogP contribution in [0.5, 0.6) is 0 Å². The topological polar surface area (TPSA) is 195 Å². The van der Waals surface area contributed by atoms with Gasteiger partial charge < -0.3 is 29.3 Å². The molecule has 3 atom stereocenters. The number of allylic oxidation sites excluding steroid dienone is 4. The van der Waals surface area contributed by atoms with Gasteiger partial charge in [0.1, 0.15) is 12.7 Å². The summed E-state index contributed by atoms with van der Waals surface area (Å²) >= 11 is 0. The Morgan fingerprint density at radius 2 is 0.945 bits per heavy atom. The highest BCUT2D eigenvalue weighted by Crippen LogP contribution is 2.43. The van der Waals surface area contributed by atoms with E-state index in [9.17, 15) is 28.7 Å². The van der Waals surface area contributed by atoms with Crippen LogP contribution >= 0.6 is 15.6 Å². The van der Waals surface area contributed by atoms with Crippen LogP contribution in [0.4, 0.5) is 0 Å². The molecule has 0 saturated heterocycles. The number of rotatable bonds is 40. The van der Waals surface area contributed by atoms with Crippen molar-refractivity contribution < 1.29 is 61.6 Å². The van der Waals surface area contributed by atoms with Crippen LogP contribution in [0.25, 0.3) is 0 Å². The number of hydrogen-bond acceptors (Lipinski definition) is 10. The van der Waals surface area contributed by atoms with Crippen LogP contribution in [0.15, 0.2) is 24.3 Å². The summed E-state index contributed by atoms with van der Waals surface area (Å²) in [6.45, 7) is 1.73. The van der Waals surface area contributed by atoms with Crippen molar-refractivity contribution in [1.82, 2.24) is 0 Å². The molecule has 0 aromatic carbocycles. The van der Waals surface area contributed by atoms with Gasteiger partial charge in [-0.15, -0.1) is 0 Å². The van der Waals surface area contributed by atoms with E-state index >= 15 is 0 Å². The molecule has 0 aromatic heterocycles. The van der Waals surface area contributed by atoms with Crippen LogP contribution in [-0.4, -0.2) is 70.4 Å². The van der Waals surface area contributed by atoms with Crippen molar-refractivity contribution in [3.8, 4) is 0 Å². The zero-order valence-electron chi connectivity index (χ0n) is 34.0. The van der Waals surface area contributed by atoms with Crippen molar-refractivity contribution in [2.24, 2.45) is 0 Å². The second-order valence-electron chi connectivity index (χ2n) is 14.3. The second kappa shape index (κ2) is 36.9. The summed E-state index contributed by atoms with van der Waals surface area (Å²) < 4.78 is 47.7. The molecular weight excluding hydrogens is 750 g/mol. The van der Waals surface area contributed by atoms with E-state index in [0.29, 0.717) is 12.8 Å². The van der Waals surface area contributed by atoms with Gasteiger partial charge in [-0.25, -0.2) is 9.13 Å². The summed E-state index contributed by atoms with van der Waals surface area (Å²) in [5, 5.41) is 9.73. The first-order chi connectivity index (χ1) is 26.4. The first-order valence-electron chi connectivity index (χ1n) is 21.0. The van der Waals surface area contributed by atoms with E-state index in [0.717, 1.165) is 64.2 Å². The molecule has 0 amide bonds. The smallest absolute Gasteiger partial charge is 0.462 e. The standard InChI is InChI=1S/C40H76O13P2/c1-3-5-7-9-11-13-15-17-18-20-21-23-25-27-29-31-39(42)49-35-38(36-52-55(47,48)51-34-37(41)33-50-54(44,45)46)53-40(43)32-30-28-26-24-22-19-16-14-12-10-8-6-4-2/h11,13,17-18,37-38,41H,3-10,12,14-16,19-36H2,1-2H3,(H,47,48)(H2,44,45,46)/b13-11-,18-17-/t37-,38+/m0/s1. The number of carbonyl (C=O) groups is 2. The maximum absolute atomic E-state index is 12.6. The number of carbonyl (C=O) groups excluding carboxylic acids is 2. The van der Waals surface area contributed by atoms with Crippen LogP contribution < -0.4 is 0 Å². The normalized spacial score (nSPS) is 14.4. The maximum Gasteiger partial charge on any atom is 0.472 e. The molecular formula is C40H76O13P2. The highest BCUT2D eigenvalue weighted by molar-refractivity contribution is 7.47. The minimum atomic E-state index is -4.86. The van der Waals surface area contributed by atoms with Crippen molar-refractivity contribution >= 4 is 27.6 Å².